The highest BCUT2D eigenvalue weighted by Gasteiger charge is 2.47. The van der Waals surface area contributed by atoms with Crippen molar-refractivity contribution in [2.75, 3.05) is 6.61 Å². The summed E-state index contributed by atoms with van der Waals surface area (Å²) in [6.45, 7) is 16.9. The molecule has 0 bridgehead atoms. The first-order valence-electron chi connectivity index (χ1n) is 7.19. The highest BCUT2D eigenvalue weighted by atomic mass is 16.5. The maximum atomic E-state index is 12.2. The molecule has 0 unspecified atom stereocenters. The Bertz CT molecular complexity index is 340. The summed E-state index contributed by atoms with van der Waals surface area (Å²) in [6.07, 6.45) is 2.53. The van der Waals surface area contributed by atoms with Gasteiger partial charge in [0, 0.05) is 17.5 Å². The molecule has 1 rings (SSSR count). The predicted octanol–water partition coefficient (Wildman–Crippen LogP) is 3.54. The molecule has 3 nitrogen and oxygen atoms in total. The Morgan fingerprint density at radius 1 is 1.26 bits per heavy atom. The van der Waals surface area contributed by atoms with E-state index in [2.05, 4.69) is 39.2 Å². The molecular formula is C16H29NO2. The van der Waals surface area contributed by atoms with E-state index in [1.807, 2.05) is 13.8 Å². The topological polar surface area (TPSA) is 29.5 Å². The van der Waals surface area contributed by atoms with Gasteiger partial charge in [0.25, 0.3) is 0 Å². The molecule has 0 saturated carbocycles. The first-order valence-corrected chi connectivity index (χ1v) is 7.19. The number of nitrogens with zero attached hydrogens (tertiary/aromatic N) is 1. The third-order valence-electron chi connectivity index (χ3n) is 3.78. The minimum absolute atomic E-state index is 0.158. The average Bonchev–Trinajstić information content (AvgIpc) is 2.22. The lowest BCUT2D eigenvalue weighted by Crippen LogP contribution is -2.64. The smallest absolute Gasteiger partial charge is 0.223 e. The monoisotopic (exact) mass is 267 g/mol. The summed E-state index contributed by atoms with van der Waals surface area (Å²) >= 11 is 0. The molecule has 0 radical (unpaired) electrons. The summed E-state index contributed by atoms with van der Waals surface area (Å²) in [6, 6.07) is 0. The fourth-order valence-electron chi connectivity index (χ4n) is 3.40. The van der Waals surface area contributed by atoms with Crippen molar-refractivity contribution >= 4 is 5.91 Å². The minimum atomic E-state index is -0.158. The normalized spacial score (nSPS) is 22.3. The number of rotatable bonds is 4. The molecular weight excluding hydrogens is 238 g/mol. The number of carbonyl (C=O) groups is 1. The number of hydrogen-bond donors (Lipinski definition) is 0. The van der Waals surface area contributed by atoms with Gasteiger partial charge in [0.1, 0.15) is 0 Å². The largest absolute Gasteiger partial charge is 0.374 e. The van der Waals surface area contributed by atoms with E-state index in [4.69, 9.17) is 4.74 Å². The Kier molecular flexibility index (Phi) is 4.83. The fourth-order valence-corrected chi connectivity index (χ4v) is 3.40. The van der Waals surface area contributed by atoms with E-state index in [9.17, 15) is 4.79 Å². The Morgan fingerprint density at radius 2 is 1.74 bits per heavy atom. The third kappa shape index (κ3) is 3.82. The van der Waals surface area contributed by atoms with Crippen molar-refractivity contribution in [3.05, 3.63) is 12.2 Å². The van der Waals surface area contributed by atoms with Gasteiger partial charge in [0.15, 0.2) is 0 Å². The number of carbonyl (C=O) groups excluding carboxylic acids is 1. The van der Waals surface area contributed by atoms with Crippen molar-refractivity contribution in [1.29, 1.82) is 0 Å². The molecule has 1 aliphatic heterocycles. The van der Waals surface area contributed by atoms with Crippen LogP contribution in [-0.2, 0) is 9.53 Å². The maximum Gasteiger partial charge on any atom is 0.223 e. The van der Waals surface area contributed by atoms with Gasteiger partial charge in [-0.25, -0.2) is 0 Å². The molecule has 1 saturated heterocycles. The van der Waals surface area contributed by atoms with Gasteiger partial charge >= 0.3 is 0 Å². The van der Waals surface area contributed by atoms with Gasteiger partial charge in [-0.1, -0.05) is 19.1 Å². The van der Waals surface area contributed by atoms with Crippen LogP contribution in [0.2, 0.25) is 0 Å². The SMILES string of the molecule is C=C(C)COC1CC(C)(C)N(C(=O)CC)C(C)(C)C1. The van der Waals surface area contributed by atoms with E-state index < -0.39 is 0 Å². The molecule has 0 aromatic heterocycles. The first-order chi connectivity index (χ1) is 8.60. The second-order valence-electron chi connectivity index (χ2n) is 7.01. The van der Waals surface area contributed by atoms with Crippen molar-refractivity contribution in [3.63, 3.8) is 0 Å². The van der Waals surface area contributed by atoms with Crippen LogP contribution in [0.1, 0.15) is 60.8 Å². The summed E-state index contributed by atoms with van der Waals surface area (Å²) < 4.78 is 5.94. The summed E-state index contributed by atoms with van der Waals surface area (Å²) in [7, 11) is 0. The Labute approximate surface area is 118 Å². The van der Waals surface area contributed by atoms with Crippen LogP contribution in [0.5, 0.6) is 0 Å². The zero-order chi connectivity index (χ0) is 14.8. The number of ether oxygens (including phenoxy) is 1. The van der Waals surface area contributed by atoms with E-state index in [0.29, 0.717) is 13.0 Å². The van der Waals surface area contributed by atoms with Gasteiger partial charge in [-0.2, -0.15) is 0 Å². The molecule has 0 N–H and O–H groups in total. The van der Waals surface area contributed by atoms with Gasteiger partial charge < -0.3 is 9.64 Å². The van der Waals surface area contributed by atoms with Crippen LogP contribution >= 0.6 is 0 Å². The van der Waals surface area contributed by atoms with Gasteiger partial charge in [-0.15, -0.1) is 0 Å². The van der Waals surface area contributed by atoms with Crippen molar-refractivity contribution in [1.82, 2.24) is 4.90 Å². The van der Waals surface area contributed by atoms with Crippen LogP contribution in [0, 0.1) is 0 Å². The molecule has 0 spiro atoms. The number of amides is 1. The lowest BCUT2D eigenvalue weighted by atomic mass is 9.77. The number of hydrogen-bond acceptors (Lipinski definition) is 2. The van der Waals surface area contributed by atoms with Gasteiger partial charge in [0.05, 0.1) is 12.7 Å². The van der Waals surface area contributed by atoms with E-state index in [1.165, 1.54) is 0 Å². The average molecular weight is 267 g/mol. The minimum Gasteiger partial charge on any atom is -0.374 e. The summed E-state index contributed by atoms with van der Waals surface area (Å²) in [4.78, 5) is 14.3. The number of piperidine rings is 1. The summed E-state index contributed by atoms with van der Waals surface area (Å²) in [5, 5.41) is 0. The molecule has 110 valence electrons. The van der Waals surface area contributed by atoms with Crippen LogP contribution in [0.15, 0.2) is 12.2 Å². The lowest BCUT2D eigenvalue weighted by molar-refractivity contribution is -0.157. The van der Waals surface area contributed by atoms with Crippen molar-refractivity contribution in [3.8, 4) is 0 Å². The molecule has 0 aromatic rings. The zero-order valence-electron chi connectivity index (χ0n) is 13.4. The van der Waals surface area contributed by atoms with Crippen molar-refractivity contribution in [2.24, 2.45) is 0 Å². The summed E-state index contributed by atoms with van der Waals surface area (Å²) in [5.41, 5.74) is 0.728. The van der Waals surface area contributed by atoms with Crippen LogP contribution in [-0.4, -0.2) is 34.6 Å². The maximum absolute atomic E-state index is 12.2. The molecule has 0 aromatic carbocycles. The molecule has 1 aliphatic rings. The van der Waals surface area contributed by atoms with Gasteiger partial charge in [0.2, 0.25) is 5.91 Å². The molecule has 1 amide bonds. The van der Waals surface area contributed by atoms with Crippen LogP contribution in [0.3, 0.4) is 0 Å². The van der Waals surface area contributed by atoms with E-state index in [0.717, 1.165) is 18.4 Å². The van der Waals surface area contributed by atoms with E-state index in [1.54, 1.807) is 0 Å². The lowest BCUT2D eigenvalue weighted by Gasteiger charge is -2.55. The quantitative estimate of drug-likeness (QED) is 0.729. The number of likely N-dealkylation sites (tertiary alicyclic amines) is 1. The molecule has 19 heavy (non-hydrogen) atoms. The Balaban J connectivity index is 2.87. The van der Waals surface area contributed by atoms with Gasteiger partial charge in [-0.05, 0) is 47.5 Å². The standard InChI is InChI=1S/C16H29NO2/c1-8-14(18)17-15(4,5)9-13(10-16(17,6)7)19-11-12(2)3/h13H,2,8-11H2,1,3-7H3. The molecule has 0 atom stereocenters. The summed E-state index contributed by atoms with van der Waals surface area (Å²) in [5.74, 6) is 0.230. The highest BCUT2D eigenvalue weighted by molar-refractivity contribution is 5.77. The van der Waals surface area contributed by atoms with E-state index in [-0.39, 0.29) is 23.1 Å². The molecule has 0 aliphatic carbocycles. The Morgan fingerprint density at radius 3 is 2.11 bits per heavy atom. The van der Waals surface area contributed by atoms with E-state index >= 15 is 0 Å². The zero-order valence-corrected chi connectivity index (χ0v) is 13.4. The highest BCUT2D eigenvalue weighted by Crippen LogP contribution is 2.40. The predicted molar refractivity (Wildman–Crippen MR) is 79.1 cm³/mol. The van der Waals surface area contributed by atoms with Crippen LogP contribution in [0.25, 0.3) is 0 Å². The molecule has 3 heteroatoms. The third-order valence-corrected chi connectivity index (χ3v) is 3.78. The fraction of sp³-hybridized carbons (Fsp3) is 0.812. The van der Waals surface area contributed by atoms with Crippen molar-refractivity contribution in [2.45, 2.75) is 78.0 Å². The van der Waals surface area contributed by atoms with Crippen LogP contribution in [0.4, 0.5) is 0 Å². The first kappa shape index (κ1) is 16.2. The second-order valence-corrected chi connectivity index (χ2v) is 7.01. The van der Waals surface area contributed by atoms with Crippen LogP contribution < -0.4 is 0 Å². The van der Waals surface area contributed by atoms with Crippen molar-refractivity contribution < 1.29 is 9.53 Å². The van der Waals surface area contributed by atoms with Gasteiger partial charge in [-0.3, -0.25) is 4.79 Å². The molecule has 1 fully saturated rings. The second kappa shape index (κ2) is 5.66. The molecule has 1 heterocycles. The Hall–Kier alpha value is -0.830.